The van der Waals surface area contributed by atoms with Gasteiger partial charge in [0.1, 0.15) is 23.4 Å². The van der Waals surface area contributed by atoms with Crippen LogP contribution in [0.1, 0.15) is 19.8 Å². The van der Waals surface area contributed by atoms with Gasteiger partial charge in [0.15, 0.2) is 0 Å². The molecule has 0 spiro atoms. The summed E-state index contributed by atoms with van der Waals surface area (Å²) >= 11 is 0. The van der Waals surface area contributed by atoms with E-state index in [0.29, 0.717) is 30.1 Å². The number of hydrogen-bond donors (Lipinski definition) is 2. The number of nitrogens with one attached hydrogen (secondary N) is 2. The van der Waals surface area contributed by atoms with E-state index in [1.165, 1.54) is 7.11 Å². The number of ether oxygens (including phenoxy) is 1. The summed E-state index contributed by atoms with van der Waals surface area (Å²) in [5.41, 5.74) is 0.994. The lowest BCUT2D eigenvalue weighted by atomic mass is 10.2. The van der Waals surface area contributed by atoms with E-state index in [1.54, 1.807) is 30.0 Å². The molecule has 0 bridgehead atoms. The van der Waals surface area contributed by atoms with Crippen molar-refractivity contribution in [1.82, 2.24) is 0 Å². The second-order valence-electron chi connectivity index (χ2n) is 6.52. The van der Waals surface area contributed by atoms with Gasteiger partial charge in [0.2, 0.25) is 11.8 Å². The molecule has 1 heterocycles. The second kappa shape index (κ2) is 8.24. The van der Waals surface area contributed by atoms with Crippen molar-refractivity contribution < 1.29 is 23.1 Å². The predicted octanol–water partition coefficient (Wildman–Crippen LogP) is 3.54. The second-order valence-corrected chi connectivity index (χ2v) is 6.52. The van der Waals surface area contributed by atoms with Crippen LogP contribution in [0.25, 0.3) is 0 Å². The van der Waals surface area contributed by atoms with E-state index in [4.69, 9.17) is 4.74 Å². The molecule has 3 rings (SSSR count). The maximum Gasteiger partial charge on any atom is 0.246 e. The van der Waals surface area contributed by atoms with Gasteiger partial charge < -0.3 is 20.3 Å². The SMILES string of the molecule is COc1ccc(NC(C)C(=O)Nc2cc(F)ccc2F)cc1N1CCCC1=O. The summed E-state index contributed by atoms with van der Waals surface area (Å²) in [6.07, 6.45) is 1.26. The smallest absolute Gasteiger partial charge is 0.246 e. The fourth-order valence-corrected chi connectivity index (χ4v) is 3.04. The van der Waals surface area contributed by atoms with Crippen LogP contribution in [0.3, 0.4) is 0 Å². The van der Waals surface area contributed by atoms with Crippen LogP contribution in [0.2, 0.25) is 0 Å². The average Bonchev–Trinajstić information content (AvgIpc) is 3.10. The van der Waals surface area contributed by atoms with Crippen LogP contribution in [0.15, 0.2) is 36.4 Å². The van der Waals surface area contributed by atoms with Gasteiger partial charge in [0, 0.05) is 24.7 Å². The number of rotatable bonds is 6. The molecule has 148 valence electrons. The summed E-state index contributed by atoms with van der Waals surface area (Å²) in [6, 6.07) is 7.27. The first-order valence-corrected chi connectivity index (χ1v) is 8.90. The van der Waals surface area contributed by atoms with Crippen molar-refractivity contribution in [3.63, 3.8) is 0 Å². The molecule has 2 aromatic rings. The molecular formula is C20H21F2N3O3. The Bertz CT molecular complexity index is 904. The first-order chi connectivity index (χ1) is 13.4. The highest BCUT2D eigenvalue weighted by atomic mass is 19.1. The molecule has 1 fully saturated rings. The Morgan fingerprint density at radius 2 is 2.00 bits per heavy atom. The normalized spacial score (nSPS) is 14.7. The molecule has 1 saturated heterocycles. The van der Waals surface area contributed by atoms with Crippen molar-refractivity contribution in [2.45, 2.75) is 25.8 Å². The molecule has 28 heavy (non-hydrogen) atoms. The molecule has 0 saturated carbocycles. The zero-order valence-corrected chi connectivity index (χ0v) is 15.6. The monoisotopic (exact) mass is 389 g/mol. The summed E-state index contributed by atoms with van der Waals surface area (Å²) in [5.74, 6) is -1.32. The summed E-state index contributed by atoms with van der Waals surface area (Å²) in [6.45, 7) is 2.20. The fraction of sp³-hybridized carbons (Fsp3) is 0.300. The molecule has 1 atom stereocenters. The third kappa shape index (κ3) is 4.21. The van der Waals surface area contributed by atoms with Crippen LogP contribution in [0.5, 0.6) is 5.75 Å². The molecule has 0 aromatic heterocycles. The number of amides is 2. The van der Waals surface area contributed by atoms with E-state index in [9.17, 15) is 18.4 Å². The highest BCUT2D eigenvalue weighted by Gasteiger charge is 2.25. The molecule has 2 N–H and O–H groups in total. The number of carbonyl (C=O) groups is 2. The predicted molar refractivity (Wildman–Crippen MR) is 103 cm³/mol. The van der Waals surface area contributed by atoms with Crippen molar-refractivity contribution in [2.75, 3.05) is 29.2 Å². The van der Waals surface area contributed by atoms with E-state index in [0.717, 1.165) is 24.6 Å². The quantitative estimate of drug-likeness (QED) is 0.793. The highest BCUT2D eigenvalue weighted by Crippen LogP contribution is 2.34. The van der Waals surface area contributed by atoms with Crippen molar-refractivity contribution in [2.24, 2.45) is 0 Å². The zero-order chi connectivity index (χ0) is 20.3. The van der Waals surface area contributed by atoms with Crippen LogP contribution < -0.4 is 20.3 Å². The standard InChI is InChI=1S/C20H21F2N3O3/c1-12(20(27)24-16-10-13(21)5-7-15(16)22)23-14-6-8-18(28-2)17(11-14)25-9-3-4-19(25)26/h5-8,10-12,23H,3-4,9H2,1-2H3,(H,24,27). The molecule has 0 radical (unpaired) electrons. The number of halogens is 2. The van der Waals surface area contributed by atoms with Crippen LogP contribution in [-0.2, 0) is 9.59 Å². The largest absolute Gasteiger partial charge is 0.495 e. The summed E-state index contributed by atoms with van der Waals surface area (Å²) in [7, 11) is 1.52. The Morgan fingerprint density at radius 1 is 1.21 bits per heavy atom. The minimum absolute atomic E-state index is 0.0165. The summed E-state index contributed by atoms with van der Waals surface area (Å²) in [5, 5.41) is 5.37. The first-order valence-electron chi connectivity index (χ1n) is 8.90. The molecular weight excluding hydrogens is 368 g/mol. The van der Waals surface area contributed by atoms with Crippen LogP contribution in [0, 0.1) is 11.6 Å². The minimum atomic E-state index is -0.738. The van der Waals surface area contributed by atoms with E-state index in [-0.39, 0.29) is 11.6 Å². The fourth-order valence-electron chi connectivity index (χ4n) is 3.04. The van der Waals surface area contributed by atoms with Gasteiger partial charge in [0.05, 0.1) is 18.5 Å². The molecule has 1 aliphatic rings. The van der Waals surface area contributed by atoms with E-state index in [2.05, 4.69) is 10.6 Å². The minimum Gasteiger partial charge on any atom is -0.495 e. The molecule has 8 heteroatoms. The van der Waals surface area contributed by atoms with E-state index in [1.807, 2.05) is 0 Å². The Morgan fingerprint density at radius 3 is 2.68 bits per heavy atom. The third-order valence-electron chi connectivity index (χ3n) is 4.51. The van der Waals surface area contributed by atoms with Gasteiger partial charge in [-0.15, -0.1) is 0 Å². The number of anilines is 3. The van der Waals surface area contributed by atoms with Gasteiger partial charge in [-0.1, -0.05) is 0 Å². The van der Waals surface area contributed by atoms with Crippen molar-refractivity contribution in [1.29, 1.82) is 0 Å². The van der Waals surface area contributed by atoms with Crippen molar-refractivity contribution in [3.05, 3.63) is 48.0 Å². The van der Waals surface area contributed by atoms with Gasteiger partial charge in [-0.05, 0) is 43.7 Å². The topological polar surface area (TPSA) is 70.7 Å². The molecule has 1 aliphatic heterocycles. The molecule has 1 unspecified atom stereocenters. The summed E-state index contributed by atoms with van der Waals surface area (Å²) in [4.78, 5) is 26.1. The number of nitrogens with zero attached hydrogens (tertiary/aromatic N) is 1. The van der Waals surface area contributed by atoms with Gasteiger partial charge in [-0.3, -0.25) is 9.59 Å². The van der Waals surface area contributed by atoms with Crippen molar-refractivity contribution >= 4 is 28.9 Å². The van der Waals surface area contributed by atoms with E-state index < -0.39 is 23.6 Å². The lowest BCUT2D eigenvalue weighted by molar-refractivity contribution is -0.117. The van der Waals surface area contributed by atoms with Gasteiger partial charge >= 0.3 is 0 Å². The number of hydrogen-bond acceptors (Lipinski definition) is 4. The first kappa shape index (κ1) is 19.6. The number of carbonyl (C=O) groups excluding carboxylic acids is 2. The number of benzene rings is 2. The maximum absolute atomic E-state index is 13.7. The highest BCUT2D eigenvalue weighted by molar-refractivity contribution is 5.98. The van der Waals surface area contributed by atoms with Gasteiger partial charge in [-0.25, -0.2) is 8.78 Å². The van der Waals surface area contributed by atoms with Crippen LogP contribution >= 0.6 is 0 Å². The number of methoxy groups -OCH3 is 1. The van der Waals surface area contributed by atoms with Crippen LogP contribution in [0.4, 0.5) is 25.8 Å². The van der Waals surface area contributed by atoms with E-state index >= 15 is 0 Å². The van der Waals surface area contributed by atoms with Gasteiger partial charge in [0.25, 0.3) is 0 Å². The molecule has 2 aromatic carbocycles. The molecule has 0 aliphatic carbocycles. The Balaban J connectivity index is 1.74. The molecule has 2 amide bonds. The third-order valence-corrected chi connectivity index (χ3v) is 4.51. The van der Waals surface area contributed by atoms with Crippen molar-refractivity contribution in [3.8, 4) is 5.75 Å². The lowest BCUT2D eigenvalue weighted by Gasteiger charge is -2.21. The van der Waals surface area contributed by atoms with Crippen LogP contribution in [-0.4, -0.2) is 31.5 Å². The Kier molecular flexibility index (Phi) is 5.77. The summed E-state index contributed by atoms with van der Waals surface area (Å²) < 4.78 is 32.3. The van der Waals surface area contributed by atoms with Gasteiger partial charge in [-0.2, -0.15) is 0 Å². The maximum atomic E-state index is 13.7. The molecule has 6 nitrogen and oxygen atoms in total. The lowest BCUT2D eigenvalue weighted by Crippen LogP contribution is -2.32. The Hall–Kier alpha value is -3.16. The zero-order valence-electron chi connectivity index (χ0n) is 15.6. The average molecular weight is 389 g/mol. The Labute approximate surface area is 161 Å².